The molecule has 4 aromatic rings. The summed E-state index contributed by atoms with van der Waals surface area (Å²) < 4.78 is 26.1. The van der Waals surface area contributed by atoms with Crippen molar-refractivity contribution in [3.8, 4) is 0 Å². The minimum atomic E-state index is -2.78. The number of carbonyl (C=O) groups excluding carboxylic acids is 1. The van der Waals surface area contributed by atoms with E-state index in [4.69, 9.17) is 11.6 Å². The van der Waals surface area contributed by atoms with Gasteiger partial charge < -0.3 is 4.57 Å². The number of rotatable bonds is 3. The monoisotopic (exact) mass is 519 g/mol. The normalized spacial score (nSPS) is 10.7. The van der Waals surface area contributed by atoms with Gasteiger partial charge >= 0.3 is 40.1 Å². The Labute approximate surface area is 234 Å². The number of carbonyl (C=O) groups is 1. The molecule has 0 aliphatic carbocycles. The molecule has 9 heteroatoms. The van der Waals surface area contributed by atoms with Gasteiger partial charge in [-0.2, -0.15) is 8.42 Å². The molecule has 0 aliphatic heterocycles. The first kappa shape index (κ1) is 28.9. The molecule has 0 fully saturated rings. The van der Waals surface area contributed by atoms with E-state index < -0.39 is 16.4 Å². The van der Waals surface area contributed by atoms with E-state index in [1.54, 1.807) is 12.1 Å². The van der Waals surface area contributed by atoms with Gasteiger partial charge in [0, 0.05) is 10.6 Å². The third-order valence-electron chi connectivity index (χ3n) is 5.27. The number of hydrogen-bond acceptors (Lipinski definition) is 4. The van der Waals surface area contributed by atoms with Crippen LogP contribution in [0.3, 0.4) is 0 Å². The molecule has 0 bridgehead atoms. The number of aryl methyl sites for hydroxylation is 1. The van der Waals surface area contributed by atoms with Crippen molar-refractivity contribution < 1.29 is 13.2 Å². The van der Waals surface area contributed by atoms with Crippen LogP contribution in [0.1, 0.15) is 48.1 Å². The topological polar surface area (TPSA) is 81.4 Å². The number of imidazole rings is 1. The molecule has 178 valence electrons. The van der Waals surface area contributed by atoms with Crippen LogP contribution in [0.4, 0.5) is 0 Å². The van der Waals surface area contributed by atoms with Crippen LogP contribution in [-0.4, -0.2) is 53.4 Å². The number of halogens is 1. The Kier molecular flexibility index (Phi) is 10.4. The van der Waals surface area contributed by atoms with Crippen LogP contribution in [0, 0.1) is 6.92 Å². The van der Waals surface area contributed by atoms with Crippen LogP contribution in [0.5, 0.6) is 0 Å². The third kappa shape index (κ3) is 7.85. The Morgan fingerprint density at radius 3 is 2.20 bits per heavy atom. The van der Waals surface area contributed by atoms with Crippen molar-refractivity contribution in [1.82, 2.24) is 9.55 Å². The van der Waals surface area contributed by atoms with E-state index in [1.165, 1.54) is 11.6 Å². The number of hydrogen-bond donors (Lipinski definition) is 0. The summed E-state index contributed by atoms with van der Waals surface area (Å²) in [5, 5.41) is 0.641. The van der Waals surface area contributed by atoms with Crippen molar-refractivity contribution in [2.75, 3.05) is 0 Å². The zero-order valence-electron chi connectivity index (χ0n) is 19.5. The van der Waals surface area contributed by atoms with Gasteiger partial charge in [0.25, 0.3) is 5.91 Å². The van der Waals surface area contributed by atoms with Gasteiger partial charge in [0.2, 0.25) is 0 Å². The van der Waals surface area contributed by atoms with Gasteiger partial charge in [-0.05, 0) is 47.7 Å². The number of aromatic nitrogens is 2. The molecule has 0 radical (unpaired) electrons. The molecule has 0 N–H and O–H groups in total. The molecule has 3 aromatic carbocycles. The van der Waals surface area contributed by atoms with Gasteiger partial charge in [-0.3, -0.25) is 4.79 Å². The first-order valence-corrected chi connectivity index (χ1v) is 12.1. The van der Waals surface area contributed by atoms with E-state index in [0.29, 0.717) is 28.0 Å². The average molecular weight is 520 g/mol. The first-order valence-electron chi connectivity index (χ1n) is 10.7. The predicted octanol–water partition coefficient (Wildman–Crippen LogP) is 5.58. The van der Waals surface area contributed by atoms with Crippen molar-refractivity contribution >= 4 is 68.6 Å². The van der Waals surface area contributed by atoms with Crippen molar-refractivity contribution in [1.29, 1.82) is 0 Å². The molecule has 0 spiro atoms. The van der Waals surface area contributed by atoms with Crippen LogP contribution >= 0.6 is 11.6 Å². The Balaban J connectivity index is 0.000000332. The van der Waals surface area contributed by atoms with E-state index in [2.05, 4.69) is 60.4 Å². The number of amides is 1. The van der Waals surface area contributed by atoms with Crippen LogP contribution in [0.2, 0.25) is 5.02 Å². The molecule has 0 unspecified atom stereocenters. The fraction of sp³-hybridized carbons (Fsp3) is 0.231. The molecule has 0 atom stereocenters. The zero-order chi connectivity index (χ0) is 24.9. The molecule has 6 nitrogen and oxygen atoms in total. The fourth-order valence-electron chi connectivity index (χ4n) is 3.43. The van der Waals surface area contributed by atoms with Crippen LogP contribution in [0.15, 0.2) is 77.2 Å². The molecule has 0 saturated heterocycles. The molecule has 4 rings (SSSR count). The molecule has 1 aromatic heterocycles. The Morgan fingerprint density at radius 2 is 1.63 bits per heavy atom. The summed E-state index contributed by atoms with van der Waals surface area (Å²) in [7, 11) is -2.78. The van der Waals surface area contributed by atoms with Gasteiger partial charge in [-0.25, -0.2) is 4.98 Å². The zero-order valence-corrected chi connectivity index (χ0v) is 21.1. The summed E-state index contributed by atoms with van der Waals surface area (Å²) in [6, 6.07) is 22.8. The Morgan fingerprint density at radius 1 is 1.00 bits per heavy atom. The predicted molar refractivity (Wildman–Crippen MR) is 143 cm³/mol. The second-order valence-electron chi connectivity index (χ2n) is 8.77. The summed E-state index contributed by atoms with van der Waals surface area (Å²) in [6.45, 7) is 9.02. The Bertz CT molecular complexity index is 1450. The molecule has 1 amide bonds. The minimum absolute atomic E-state index is 0. The second-order valence-corrected chi connectivity index (χ2v) is 9.79. The molecular formula is C26H27ClN3NaO3S. The number of benzene rings is 3. The van der Waals surface area contributed by atoms with Gasteiger partial charge in [0.15, 0.2) is 0 Å². The quantitative estimate of drug-likeness (QED) is 0.331. The molecular weight excluding hydrogens is 493 g/mol. The van der Waals surface area contributed by atoms with E-state index in [9.17, 15) is 13.2 Å². The summed E-state index contributed by atoms with van der Waals surface area (Å²) in [5.74, 6) is -0.0489. The van der Waals surface area contributed by atoms with Gasteiger partial charge in [-0.1, -0.05) is 85.3 Å². The SMILES string of the molecule is CC(C)(C)c1ccccc1.Cc1nc2ccc(C(=O)N=S(=O)=O)cc2n1Cc1ccccc1Cl.[NaH]. The van der Waals surface area contributed by atoms with Gasteiger partial charge in [0.1, 0.15) is 5.82 Å². The number of fused-ring (bicyclic) bond motifs is 1. The average Bonchev–Trinajstić information content (AvgIpc) is 3.09. The third-order valence-corrected chi connectivity index (χ3v) is 5.95. The van der Waals surface area contributed by atoms with Crippen molar-refractivity contribution in [2.45, 2.75) is 39.7 Å². The van der Waals surface area contributed by atoms with Crippen molar-refractivity contribution in [3.05, 3.63) is 100 Å². The molecule has 35 heavy (non-hydrogen) atoms. The standard InChI is InChI=1S/C16H12ClN3O3S.C10H14.Na.H/c1-10-18-14-7-6-11(16(21)19-24(22)23)8-15(14)20(10)9-12-4-2-3-5-13(12)17;1-10(2,3)9-7-5-4-6-8-9;;/h2-8H,9H2,1H3;4-8H,1-3H3;;. The maximum absolute atomic E-state index is 11.8. The second kappa shape index (κ2) is 12.6. The molecule has 1 heterocycles. The van der Waals surface area contributed by atoms with Crippen LogP contribution < -0.4 is 0 Å². The fourth-order valence-corrected chi connectivity index (χ4v) is 3.87. The van der Waals surface area contributed by atoms with Gasteiger partial charge in [0.05, 0.1) is 17.6 Å². The summed E-state index contributed by atoms with van der Waals surface area (Å²) in [6.07, 6.45) is 0. The molecule has 0 aliphatic rings. The first-order chi connectivity index (χ1) is 16.1. The van der Waals surface area contributed by atoms with E-state index in [1.807, 2.05) is 35.8 Å². The van der Waals surface area contributed by atoms with Crippen molar-refractivity contribution in [3.63, 3.8) is 0 Å². The Hall–Kier alpha value is -2.29. The maximum atomic E-state index is 11.8. The van der Waals surface area contributed by atoms with E-state index >= 15 is 0 Å². The van der Waals surface area contributed by atoms with E-state index in [0.717, 1.165) is 11.4 Å². The van der Waals surface area contributed by atoms with Crippen LogP contribution in [0.25, 0.3) is 11.0 Å². The molecule has 0 saturated carbocycles. The van der Waals surface area contributed by atoms with Crippen LogP contribution in [-0.2, 0) is 22.5 Å². The number of nitrogens with zero attached hydrogens (tertiary/aromatic N) is 3. The summed E-state index contributed by atoms with van der Waals surface area (Å²) in [5.41, 5.74) is 4.22. The summed E-state index contributed by atoms with van der Waals surface area (Å²) >= 11 is 6.21. The summed E-state index contributed by atoms with van der Waals surface area (Å²) in [4.78, 5) is 16.3. The van der Waals surface area contributed by atoms with Crippen molar-refractivity contribution in [2.24, 2.45) is 4.36 Å². The van der Waals surface area contributed by atoms with Gasteiger partial charge in [-0.15, -0.1) is 0 Å². The van der Waals surface area contributed by atoms with E-state index in [-0.39, 0.29) is 35.1 Å².